The highest BCUT2D eigenvalue weighted by molar-refractivity contribution is 6.20. The fourth-order valence-corrected chi connectivity index (χ4v) is 2.36. The van der Waals surface area contributed by atoms with Gasteiger partial charge >= 0.3 is 0 Å². The molecule has 0 bridgehead atoms. The number of piperidine rings is 1. The van der Waals surface area contributed by atoms with Crippen LogP contribution in [0, 0.1) is 0 Å². The summed E-state index contributed by atoms with van der Waals surface area (Å²) in [7, 11) is 0. The second-order valence-electron chi connectivity index (χ2n) is 4.39. The number of hydrogen-bond acceptors (Lipinski definition) is 4. The summed E-state index contributed by atoms with van der Waals surface area (Å²) in [5.41, 5.74) is 0.977. The molecule has 0 atom stereocenters. The van der Waals surface area contributed by atoms with Gasteiger partial charge in [-0.15, -0.1) is 11.6 Å². The Balaban J connectivity index is 1.88. The van der Waals surface area contributed by atoms with Crippen molar-refractivity contribution < 1.29 is 0 Å². The largest absolute Gasteiger partial charge is 0.339 e. The standard InChI is InChI=1S/C12H14ClN5/c13-10-6-8-17(9-7-10)12-14-15-16-18(12)11-4-2-1-3-5-11/h1-5,10H,6-9H2. The quantitative estimate of drug-likeness (QED) is 0.776. The van der Waals surface area contributed by atoms with Gasteiger partial charge in [-0.25, -0.2) is 0 Å². The molecule has 6 heteroatoms. The van der Waals surface area contributed by atoms with Crippen LogP contribution in [0.1, 0.15) is 12.8 Å². The van der Waals surface area contributed by atoms with E-state index in [1.165, 1.54) is 0 Å². The molecule has 0 unspecified atom stereocenters. The van der Waals surface area contributed by atoms with E-state index in [-0.39, 0.29) is 5.38 Å². The van der Waals surface area contributed by atoms with Gasteiger partial charge in [-0.1, -0.05) is 23.3 Å². The van der Waals surface area contributed by atoms with E-state index in [0.717, 1.165) is 37.6 Å². The van der Waals surface area contributed by atoms with Crippen LogP contribution in [-0.2, 0) is 0 Å². The molecule has 2 aromatic rings. The Morgan fingerprint density at radius 3 is 2.56 bits per heavy atom. The van der Waals surface area contributed by atoms with Crippen LogP contribution < -0.4 is 4.90 Å². The maximum Gasteiger partial charge on any atom is 0.250 e. The van der Waals surface area contributed by atoms with E-state index < -0.39 is 0 Å². The summed E-state index contributed by atoms with van der Waals surface area (Å²) in [4.78, 5) is 2.19. The van der Waals surface area contributed by atoms with Gasteiger partial charge in [0.05, 0.1) is 5.69 Å². The Kier molecular flexibility index (Phi) is 3.15. The SMILES string of the molecule is ClC1CCN(c2nnnn2-c2ccccc2)CC1. The Hall–Kier alpha value is -1.62. The van der Waals surface area contributed by atoms with E-state index in [1.54, 1.807) is 4.68 Å². The fourth-order valence-electron chi connectivity index (χ4n) is 2.16. The minimum absolute atomic E-state index is 0.280. The zero-order valence-electron chi connectivity index (χ0n) is 9.91. The van der Waals surface area contributed by atoms with Crippen molar-refractivity contribution in [1.82, 2.24) is 20.2 Å². The number of rotatable bonds is 2. The second-order valence-corrected chi connectivity index (χ2v) is 5.01. The van der Waals surface area contributed by atoms with Crippen LogP contribution in [0.15, 0.2) is 30.3 Å². The predicted molar refractivity (Wildman–Crippen MR) is 70.2 cm³/mol. The maximum absolute atomic E-state index is 6.12. The van der Waals surface area contributed by atoms with Crippen molar-refractivity contribution in [1.29, 1.82) is 0 Å². The highest BCUT2D eigenvalue weighted by Crippen LogP contribution is 2.21. The summed E-state index contributed by atoms with van der Waals surface area (Å²) in [6.45, 7) is 1.81. The lowest BCUT2D eigenvalue weighted by molar-refractivity contribution is 0.570. The van der Waals surface area contributed by atoms with Crippen LogP contribution in [0.3, 0.4) is 0 Å². The molecule has 1 aromatic carbocycles. The lowest BCUT2D eigenvalue weighted by Gasteiger charge is -2.29. The number of nitrogens with zero attached hydrogens (tertiary/aromatic N) is 5. The van der Waals surface area contributed by atoms with Crippen LogP contribution in [0.2, 0.25) is 0 Å². The van der Waals surface area contributed by atoms with Gasteiger partial charge in [0.15, 0.2) is 0 Å². The molecule has 5 nitrogen and oxygen atoms in total. The molecule has 94 valence electrons. The maximum atomic E-state index is 6.12. The Morgan fingerprint density at radius 2 is 1.83 bits per heavy atom. The Morgan fingerprint density at radius 1 is 1.11 bits per heavy atom. The summed E-state index contributed by atoms with van der Waals surface area (Å²) >= 11 is 6.12. The van der Waals surface area contributed by atoms with E-state index in [1.807, 2.05) is 30.3 Å². The molecule has 0 radical (unpaired) electrons. The van der Waals surface area contributed by atoms with Crippen LogP contribution in [0.5, 0.6) is 0 Å². The predicted octanol–water partition coefficient (Wildman–Crippen LogP) is 1.87. The van der Waals surface area contributed by atoms with Gasteiger partial charge in [0, 0.05) is 18.5 Å². The first-order valence-corrected chi connectivity index (χ1v) is 6.51. The molecule has 1 aromatic heterocycles. The Labute approximate surface area is 110 Å². The average molecular weight is 264 g/mol. The van der Waals surface area contributed by atoms with Gasteiger partial charge in [-0.3, -0.25) is 0 Å². The van der Waals surface area contributed by atoms with Crippen molar-refractivity contribution in [3.8, 4) is 5.69 Å². The average Bonchev–Trinajstić information content (AvgIpc) is 2.90. The molecule has 0 amide bonds. The zero-order chi connectivity index (χ0) is 12.4. The van der Waals surface area contributed by atoms with Crippen LogP contribution in [0.25, 0.3) is 5.69 Å². The molecular weight excluding hydrogens is 250 g/mol. The van der Waals surface area contributed by atoms with Crippen molar-refractivity contribution in [3.63, 3.8) is 0 Å². The van der Waals surface area contributed by atoms with Gasteiger partial charge in [-0.05, 0) is 35.4 Å². The minimum atomic E-state index is 0.280. The first-order valence-electron chi connectivity index (χ1n) is 6.07. The number of benzene rings is 1. The highest BCUT2D eigenvalue weighted by Gasteiger charge is 2.22. The molecule has 0 N–H and O–H groups in total. The second kappa shape index (κ2) is 4.94. The van der Waals surface area contributed by atoms with Crippen molar-refractivity contribution >= 4 is 17.5 Å². The third kappa shape index (κ3) is 2.18. The summed E-state index contributed by atoms with van der Waals surface area (Å²) < 4.78 is 1.77. The summed E-state index contributed by atoms with van der Waals surface area (Å²) in [5, 5.41) is 12.2. The fraction of sp³-hybridized carbons (Fsp3) is 0.417. The zero-order valence-corrected chi connectivity index (χ0v) is 10.7. The molecular formula is C12H14ClN5. The normalized spacial score (nSPS) is 17.1. The number of tetrazole rings is 1. The van der Waals surface area contributed by atoms with E-state index in [9.17, 15) is 0 Å². The van der Waals surface area contributed by atoms with Crippen LogP contribution in [-0.4, -0.2) is 38.7 Å². The van der Waals surface area contributed by atoms with Crippen LogP contribution in [0.4, 0.5) is 5.95 Å². The molecule has 1 saturated heterocycles. The van der Waals surface area contributed by atoms with Gasteiger partial charge in [0.25, 0.3) is 0 Å². The molecule has 18 heavy (non-hydrogen) atoms. The van der Waals surface area contributed by atoms with Gasteiger partial charge in [0.1, 0.15) is 0 Å². The number of anilines is 1. The molecule has 0 spiro atoms. The number of para-hydroxylation sites is 1. The van der Waals surface area contributed by atoms with Crippen molar-refractivity contribution in [3.05, 3.63) is 30.3 Å². The summed E-state index contributed by atoms with van der Waals surface area (Å²) in [6, 6.07) is 9.92. The number of hydrogen-bond donors (Lipinski definition) is 0. The number of halogens is 1. The first kappa shape index (κ1) is 11.5. The highest BCUT2D eigenvalue weighted by atomic mass is 35.5. The lowest BCUT2D eigenvalue weighted by atomic mass is 10.1. The van der Waals surface area contributed by atoms with Gasteiger partial charge < -0.3 is 4.90 Å². The van der Waals surface area contributed by atoms with E-state index in [4.69, 9.17) is 11.6 Å². The monoisotopic (exact) mass is 263 g/mol. The van der Waals surface area contributed by atoms with Crippen LogP contribution >= 0.6 is 11.6 Å². The molecule has 1 fully saturated rings. The van der Waals surface area contributed by atoms with Crippen molar-refractivity contribution in [2.75, 3.05) is 18.0 Å². The van der Waals surface area contributed by atoms with Crippen molar-refractivity contribution in [2.24, 2.45) is 0 Å². The molecule has 3 rings (SSSR count). The molecule has 2 heterocycles. The lowest BCUT2D eigenvalue weighted by Crippen LogP contribution is -2.35. The van der Waals surface area contributed by atoms with E-state index in [2.05, 4.69) is 20.4 Å². The summed E-state index contributed by atoms with van der Waals surface area (Å²) in [6.07, 6.45) is 1.95. The summed E-state index contributed by atoms with van der Waals surface area (Å²) in [5.74, 6) is 0.796. The van der Waals surface area contributed by atoms with Gasteiger partial charge in [-0.2, -0.15) is 4.68 Å². The minimum Gasteiger partial charge on any atom is -0.339 e. The number of aromatic nitrogens is 4. The number of alkyl halides is 1. The molecule has 1 aliphatic rings. The Bertz CT molecular complexity index is 504. The third-order valence-corrected chi connectivity index (χ3v) is 3.60. The van der Waals surface area contributed by atoms with Gasteiger partial charge in [0.2, 0.25) is 5.95 Å². The smallest absolute Gasteiger partial charge is 0.250 e. The third-order valence-electron chi connectivity index (χ3n) is 3.16. The first-order chi connectivity index (χ1) is 8.84. The van der Waals surface area contributed by atoms with Crippen molar-refractivity contribution in [2.45, 2.75) is 18.2 Å². The molecule has 0 saturated carbocycles. The van der Waals surface area contributed by atoms with E-state index in [0.29, 0.717) is 0 Å². The molecule has 1 aliphatic heterocycles. The topological polar surface area (TPSA) is 46.8 Å². The molecule has 0 aliphatic carbocycles. The van der Waals surface area contributed by atoms with E-state index >= 15 is 0 Å².